The fourth-order valence-electron chi connectivity index (χ4n) is 3.16. The van der Waals surface area contributed by atoms with Crippen molar-refractivity contribution in [1.82, 2.24) is 0 Å². The molecule has 2 aromatic carbocycles. The second kappa shape index (κ2) is 9.37. The van der Waals surface area contributed by atoms with Crippen molar-refractivity contribution >= 4 is 0 Å². The Bertz CT molecular complexity index is 650. The first-order valence-electron chi connectivity index (χ1n) is 8.94. The normalized spacial score (nSPS) is 13.0. The molecule has 0 aromatic heterocycles. The van der Waals surface area contributed by atoms with Gasteiger partial charge in [-0.15, -0.1) is 0 Å². The molecule has 2 aromatic rings. The first kappa shape index (κ1) is 20.0. The number of hydrogen-bond acceptors (Lipinski definition) is 4. The molecule has 2 atom stereocenters. The van der Waals surface area contributed by atoms with Crippen LogP contribution in [0.2, 0.25) is 0 Å². The van der Waals surface area contributed by atoms with E-state index in [1.807, 2.05) is 12.1 Å². The van der Waals surface area contributed by atoms with E-state index in [-0.39, 0.29) is 0 Å². The summed E-state index contributed by atoms with van der Waals surface area (Å²) in [4.78, 5) is 0. The molecule has 0 amide bonds. The van der Waals surface area contributed by atoms with Crippen molar-refractivity contribution in [3.8, 4) is 23.0 Å². The molecule has 0 N–H and O–H groups in total. The molecule has 4 heteroatoms. The van der Waals surface area contributed by atoms with E-state index in [4.69, 9.17) is 18.9 Å². The fraction of sp³-hybridized carbons (Fsp3) is 0.455. The van der Waals surface area contributed by atoms with Crippen LogP contribution >= 0.6 is 0 Å². The van der Waals surface area contributed by atoms with E-state index < -0.39 is 0 Å². The van der Waals surface area contributed by atoms with Crippen LogP contribution in [0.15, 0.2) is 36.4 Å². The highest BCUT2D eigenvalue weighted by atomic mass is 16.5. The number of hydrogen-bond donors (Lipinski definition) is 0. The van der Waals surface area contributed by atoms with Crippen molar-refractivity contribution in [3.63, 3.8) is 0 Å². The van der Waals surface area contributed by atoms with Crippen molar-refractivity contribution in [2.24, 2.45) is 11.8 Å². The molecule has 0 saturated carbocycles. The van der Waals surface area contributed by atoms with Gasteiger partial charge in [0.15, 0.2) is 23.0 Å². The first-order chi connectivity index (χ1) is 12.5. The average Bonchev–Trinajstić information content (AvgIpc) is 2.67. The van der Waals surface area contributed by atoms with Gasteiger partial charge in [0.1, 0.15) is 0 Å². The van der Waals surface area contributed by atoms with Gasteiger partial charge in [-0.1, -0.05) is 26.0 Å². The lowest BCUT2D eigenvalue weighted by molar-refractivity contribution is 0.350. The highest BCUT2D eigenvalue weighted by Crippen LogP contribution is 2.32. The molecule has 0 radical (unpaired) electrons. The Kier molecular flexibility index (Phi) is 7.19. The van der Waals surface area contributed by atoms with Crippen molar-refractivity contribution in [1.29, 1.82) is 0 Å². The lowest BCUT2D eigenvalue weighted by Gasteiger charge is -2.21. The minimum absolute atomic E-state index is 0.529. The maximum Gasteiger partial charge on any atom is 0.160 e. The Morgan fingerprint density at radius 1 is 0.577 bits per heavy atom. The molecule has 0 aliphatic rings. The summed E-state index contributed by atoms with van der Waals surface area (Å²) < 4.78 is 21.5. The number of rotatable bonds is 9. The van der Waals surface area contributed by atoms with Crippen LogP contribution in [0.3, 0.4) is 0 Å². The zero-order valence-corrected chi connectivity index (χ0v) is 16.7. The van der Waals surface area contributed by atoms with Gasteiger partial charge in [0.2, 0.25) is 0 Å². The van der Waals surface area contributed by atoms with Crippen LogP contribution in [0, 0.1) is 11.8 Å². The lowest BCUT2D eigenvalue weighted by Crippen LogP contribution is -2.14. The zero-order valence-electron chi connectivity index (χ0n) is 16.7. The maximum absolute atomic E-state index is 5.41. The van der Waals surface area contributed by atoms with Gasteiger partial charge in [-0.25, -0.2) is 0 Å². The third-order valence-corrected chi connectivity index (χ3v) is 4.98. The van der Waals surface area contributed by atoms with Gasteiger partial charge in [0.25, 0.3) is 0 Å². The predicted octanol–water partition coefficient (Wildman–Crippen LogP) is 4.78. The predicted molar refractivity (Wildman–Crippen MR) is 105 cm³/mol. The molecule has 0 heterocycles. The summed E-state index contributed by atoms with van der Waals surface area (Å²) in [5.41, 5.74) is 2.52. The topological polar surface area (TPSA) is 36.9 Å². The van der Waals surface area contributed by atoms with E-state index >= 15 is 0 Å². The zero-order chi connectivity index (χ0) is 19.1. The molecule has 142 valence electrons. The summed E-state index contributed by atoms with van der Waals surface area (Å²) in [7, 11) is 6.66. The van der Waals surface area contributed by atoms with Gasteiger partial charge in [0.05, 0.1) is 28.4 Å². The van der Waals surface area contributed by atoms with E-state index in [2.05, 4.69) is 38.1 Å². The molecule has 0 saturated heterocycles. The summed E-state index contributed by atoms with van der Waals surface area (Å²) in [6, 6.07) is 12.3. The van der Waals surface area contributed by atoms with Gasteiger partial charge < -0.3 is 18.9 Å². The SMILES string of the molecule is COc1ccc(CC(C)[C@H](C)Cc2ccc(OC)c(OC)c2)cc1OC. The summed E-state index contributed by atoms with van der Waals surface area (Å²) in [6.07, 6.45) is 1.99. The van der Waals surface area contributed by atoms with E-state index in [0.717, 1.165) is 35.8 Å². The van der Waals surface area contributed by atoms with Crippen molar-refractivity contribution in [3.05, 3.63) is 47.5 Å². The standard InChI is InChI=1S/C22H30O4/c1-15(11-17-7-9-19(23-3)21(13-17)25-5)16(2)12-18-8-10-20(24-4)22(14-18)26-6/h7-10,13-16H,11-12H2,1-6H3/t15-,16?/m1/s1. The van der Waals surface area contributed by atoms with Crippen LogP contribution in [0.5, 0.6) is 23.0 Å². The van der Waals surface area contributed by atoms with Crippen LogP contribution < -0.4 is 18.9 Å². The van der Waals surface area contributed by atoms with Gasteiger partial charge in [-0.3, -0.25) is 0 Å². The first-order valence-corrected chi connectivity index (χ1v) is 8.94. The third-order valence-electron chi connectivity index (χ3n) is 4.98. The smallest absolute Gasteiger partial charge is 0.160 e. The fourth-order valence-corrected chi connectivity index (χ4v) is 3.16. The van der Waals surface area contributed by atoms with Crippen LogP contribution in [-0.2, 0) is 12.8 Å². The minimum Gasteiger partial charge on any atom is -0.493 e. The molecule has 0 aliphatic carbocycles. The Labute approximate surface area is 157 Å². The molecular weight excluding hydrogens is 328 g/mol. The van der Waals surface area contributed by atoms with Gasteiger partial charge >= 0.3 is 0 Å². The van der Waals surface area contributed by atoms with Crippen LogP contribution in [0.25, 0.3) is 0 Å². The quantitative estimate of drug-likeness (QED) is 0.646. The van der Waals surface area contributed by atoms with E-state index in [1.165, 1.54) is 11.1 Å². The van der Waals surface area contributed by atoms with Crippen LogP contribution in [-0.4, -0.2) is 28.4 Å². The Balaban J connectivity index is 2.04. The second-order valence-electron chi connectivity index (χ2n) is 6.74. The van der Waals surface area contributed by atoms with Crippen molar-refractivity contribution < 1.29 is 18.9 Å². The average molecular weight is 358 g/mol. The molecular formula is C22H30O4. The molecule has 0 spiro atoms. The number of benzene rings is 2. The van der Waals surface area contributed by atoms with Gasteiger partial charge in [-0.2, -0.15) is 0 Å². The summed E-state index contributed by atoms with van der Waals surface area (Å²) in [5, 5.41) is 0. The molecule has 2 rings (SSSR count). The molecule has 4 nitrogen and oxygen atoms in total. The van der Waals surface area contributed by atoms with E-state index in [1.54, 1.807) is 28.4 Å². The summed E-state index contributed by atoms with van der Waals surface area (Å²) in [6.45, 7) is 4.59. The number of ether oxygens (including phenoxy) is 4. The third kappa shape index (κ3) is 4.84. The molecule has 26 heavy (non-hydrogen) atoms. The minimum atomic E-state index is 0.529. The van der Waals surface area contributed by atoms with E-state index in [9.17, 15) is 0 Å². The molecule has 0 fully saturated rings. The molecule has 0 aliphatic heterocycles. The summed E-state index contributed by atoms with van der Waals surface area (Å²) >= 11 is 0. The Hall–Kier alpha value is -2.36. The Morgan fingerprint density at radius 2 is 0.923 bits per heavy atom. The van der Waals surface area contributed by atoms with Crippen molar-refractivity contribution in [2.75, 3.05) is 28.4 Å². The molecule has 1 unspecified atom stereocenters. The monoisotopic (exact) mass is 358 g/mol. The molecule has 0 bridgehead atoms. The van der Waals surface area contributed by atoms with Gasteiger partial charge in [0, 0.05) is 0 Å². The highest BCUT2D eigenvalue weighted by molar-refractivity contribution is 5.44. The van der Waals surface area contributed by atoms with E-state index in [0.29, 0.717) is 11.8 Å². The van der Waals surface area contributed by atoms with Crippen LogP contribution in [0.1, 0.15) is 25.0 Å². The largest absolute Gasteiger partial charge is 0.493 e. The Morgan fingerprint density at radius 3 is 1.23 bits per heavy atom. The van der Waals surface area contributed by atoms with Crippen LogP contribution in [0.4, 0.5) is 0 Å². The summed E-state index contributed by atoms with van der Waals surface area (Å²) in [5.74, 6) is 4.15. The number of methoxy groups -OCH3 is 4. The highest BCUT2D eigenvalue weighted by Gasteiger charge is 2.16. The lowest BCUT2D eigenvalue weighted by atomic mass is 9.85. The second-order valence-corrected chi connectivity index (χ2v) is 6.74. The van der Waals surface area contributed by atoms with Gasteiger partial charge in [-0.05, 0) is 60.1 Å². The maximum atomic E-state index is 5.41. The van der Waals surface area contributed by atoms with Crippen molar-refractivity contribution in [2.45, 2.75) is 26.7 Å².